The number of ether oxygens (including phenoxy) is 1. The van der Waals surface area contributed by atoms with Gasteiger partial charge in [0.15, 0.2) is 0 Å². The Morgan fingerprint density at radius 2 is 0.821 bits per heavy atom. The van der Waals surface area contributed by atoms with Crippen LogP contribution >= 0.6 is 7.82 Å². The van der Waals surface area contributed by atoms with Gasteiger partial charge in [-0.15, -0.1) is 0 Å². The van der Waals surface area contributed by atoms with E-state index in [0.29, 0.717) is 23.9 Å². The molecule has 0 saturated carbocycles. The first-order valence-electron chi connectivity index (χ1n) is 33.4. The van der Waals surface area contributed by atoms with E-state index in [0.717, 1.165) is 83.5 Å². The van der Waals surface area contributed by atoms with E-state index in [1.807, 2.05) is 33.3 Å². The zero-order chi connectivity index (χ0) is 57.2. The van der Waals surface area contributed by atoms with Gasteiger partial charge in [0.25, 0.3) is 7.82 Å². The molecule has 78 heavy (non-hydrogen) atoms. The van der Waals surface area contributed by atoms with Gasteiger partial charge in [-0.2, -0.15) is 0 Å². The number of carbonyl (C=O) groups is 2. The maximum absolute atomic E-state index is 13.5. The molecule has 458 valence electrons. The third-order valence-corrected chi connectivity index (χ3v) is 16.0. The number of phosphoric acid groups is 1. The number of carbonyl (C=O) groups excluding carboxylic acids is 2. The highest BCUT2D eigenvalue weighted by Crippen LogP contribution is 2.38. The number of phosphoric ester groups is 1. The quantitative estimate of drug-likeness (QED) is 0.0212. The first-order valence-corrected chi connectivity index (χ1v) is 34.9. The lowest BCUT2D eigenvalue weighted by Gasteiger charge is -2.30. The van der Waals surface area contributed by atoms with Gasteiger partial charge in [-0.25, -0.2) is 0 Å². The van der Waals surface area contributed by atoms with Gasteiger partial charge < -0.3 is 28.5 Å². The summed E-state index contributed by atoms with van der Waals surface area (Å²) in [7, 11) is 1.18. The highest BCUT2D eigenvalue weighted by molar-refractivity contribution is 7.45. The summed E-state index contributed by atoms with van der Waals surface area (Å²) >= 11 is 0. The molecule has 3 unspecified atom stereocenters. The van der Waals surface area contributed by atoms with E-state index in [9.17, 15) is 19.0 Å². The van der Waals surface area contributed by atoms with Crippen LogP contribution in [0, 0.1) is 0 Å². The number of hydrogen-bond acceptors (Lipinski definition) is 7. The van der Waals surface area contributed by atoms with E-state index >= 15 is 0 Å². The van der Waals surface area contributed by atoms with Crippen molar-refractivity contribution in [2.45, 2.75) is 335 Å². The van der Waals surface area contributed by atoms with Crippen LogP contribution in [-0.2, 0) is 27.9 Å². The predicted molar refractivity (Wildman–Crippen MR) is 335 cm³/mol. The van der Waals surface area contributed by atoms with Crippen LogP contribution in [0.15, 0.2) is 48.6 Å². The lowest BCUT2D eigenvalue weighted by Crippen LogP contribution is -2.47. The molecule has 0 rings (SSSR count). The molecule has 0 aromatic rings. The minimum Gasteiger partial charge on any atom is -0.756 e. The molecule has 0 aliphatic carbocycles. The molecular formula is C68H129N2O7P. The van der Waals surface area contributed by atoms with Gasteiger partial charge in [-0.05, 0) is 63.9 Å². The number of hydrogen-bond donors (Lipinski definition) is 1. The summed E-state index contributed by atoms with van der Waals surface area (Å²) in [5.41, 5.74) is 0. The Kier molecular flexibility index (Phi) is 56.7. The van der Waals surface area contributed by atoms with Gasteiger partial charge in [0, 0.05) is 12.8 Å². The Balaban J connectivity index is 5.08. The van der Waals surface area contributed by atoms with E-state index in [1.54, 1.807) is 0 Å². The zero-order valence-corrected chi connectivity index (χ0v) is 53.3. The van der Waals surface area contributed by atoms with Crippen LogP contribution in [0.25, 0.3) is 0 Å². The topological polar surface area (TPSA) is 114 Å². The minimum absolute atomic E-state index is 0.0258. The Labute approximate surface area is 484 Å². The number of rotatable bonds is 61. The molecule has 0 radical (unpaired) electrons. The second-order valence-corrected chi connectivity index (χ2v) is 25.4. The molecule has 3 atom stereocenters. The Morgan fingerprint density at radius 1 is 0.462 bits per heavy atom. The molecule has 0 bridgehead atoms. The van der Waals surface area contributed by atoms with Crippen molar-refractivity contribution < 1.29 is 37.3 Å². The van der Waals surface area contributed by atoms with E-state index in [1.165, 1.54) is 199 Å². The van der Waals surface area contributed by atoms with Gasteiger partial charge in [0.1, 0.15) is 19.3 Å². The zero-order valence-electron chi connectivity index (χ0n) is 52.4. The van der Waals surface area contributed by atoms with Gasteiger partial charge in [0.2, 0.25) is 5.91 Å². The van der Waals surface area contributed by atoms with Crippen LogP contribution in [0.5, 0.6) is 0 Å². The minimum atomic E-state index is -4.70. The average Bonchev–Trinajstić information content (AvgIpc) is 3.40. The summed E-state index contributed by atoms with van der Waals surface area (Å²) < 4.78 is 30.4. The number of nitrogens with zero attached hydrogens (tertiary/aromatic N) is 1. The smallest absolute Gasteiger partial charge is 0.306 e. The van der Waals surface area contributed by atoms with E-state index in [-0.39, 0.29) is 24.9 Å². The average molecular weight is 1120 g/mol. The molecule has 0 aromatic heterocycles. The van der Waals surface area contributed by atoms with Crippen molar-refractivity contribution in [2.75, 3.05) is 40.9 Å². The number of esters is 1. The first-order chi connectivity index (χ1) is 37.9. The second-order valence-electron chi connectivity index (χ2n) is 24.0. The number of allylic oxidation sites excluding steroid dienone is 7. The molecule has 10 heteroatoms. The number of nitrogens with one attached hydrogen (secondary N) is 1. The number of amides is 1. The Hall–Kier alpha value is -2.03. The van der Waals surface area contributed by atoms with E-state index in [4.69, 9.17) is 13.8 Å². The molecule has 0 aromatic carbocycles. The highest BCUT2D eigenvalue weighted by atomic mass is 31.2. The summed E-state index contributed by atoms with van der Waals surface area (Å²) in [5.74, 6) is -0.554. The third-order valence-electron chi connectivity index (χ3n) is 15.0. The van der Waals surface area contributed by atoms with Crippen molar-refractivity contribution in [3.8, 4) is 0 Å². The molecule has 0 fully saturated rings. The maximum atomic E-state index is 13.5. The summed E-state index contributed by atoms with van der Waals surface area (Å²) in [6.45, 7) is 6.75. The highest BCUT2D eigenvalue weighted by Gasteiger charge is 2.27. The van der Waals surface area contributed by atoms with Crippen LogP contribution < -0.4 is 10.2 Å². The van der Waals surface area contributed by atoms with Gasteiger partial charge in [-0.3, -0.25) is 14.2 Å². The SMILES string of the molecule is CC/C=C/C/C=C/C/C=C/CCCCCCC(=O)NC(COP(=O)([O-])OCC[N+](C)(C)C)C(/C=C\CCCCCCCCCCCCC)OC(=O)CCCCCCCCCCCCCCCCCCCCCCCCCCC. The number of likely N-dealkylation sites (N-methyl/N-ethyl adjacent to an activating group) is 1. The standard InChI is InChI=1S/C68H129N2O7P/c1-7-10-13-16-19-22-25-28-30-31-32-33-34-35-36-37-38-39-40-43-46-49-52-55-58-61-68(72)77-66(59-56-53-50-47-44-41-27-24-21-18-15-12-9-3)65(64-76-78(73,74)75-63-62-70(4,5)6)69-67(71)60-57-54-51-48-45-42-29-26-23-20-17-14-11-8-2/h11,14,20,23,29,42,56,59,65-66H,7-10,12-13,15-19,21-22,24-28,30-41,43-55,57-58,60-64H2,1-6H3,(H-,69,71,73,74)/b14-11+,23-20+,42-29+,59-56-. The predicted octanol–water partition coefficient (Wildman–Crippen LogP) is 20.2. The normalized spacial score (nSPS) is 13.9. The molecular weight excluding hydrogens is 988 g/mol. The first kappa shape index (κ1) is 76.0. The van der Waals surface area contributed by atoms with Gasteiger partial charge in [-0.1, -0.05) is 294 Å². The summed E-state index contributed by atoms with van der Waals surface area (Å²) in [6.07, 6.45) is 72.4. The van der Waals surface area contributed by atoms with Gasteiger partial charge >= 0.3 is 5.97 Å². The van der Waals surface area contributed by atoms with Crippen LogP contribution in [-0.4, -0.2) is 69.4 Å². The summed E-state index contributed by atoms with van der Waals surface area (Å²) in [6, 6.07) is -0.898. The molecule has 1 N–H and O–H groups in total. The number of unbranched alkanes of at least 4 members (excludes halogenated alkanes) is 39. The lowest BCUT2D eigenvalue weighted by molar-refractivity contribution is -0.870. The Morgan fingerprint density at radius 3 is 1.23 bits per heavy atom. The van der Waals surface area contributed by atoms with Gasteiger partial charge in [0.05, 0.1) is 33.8 Å². The summed E-state index contributed by atoms with van der Waals surface area (Å²) in [4.78, 5) is 40.0. The van der Waals surface area contributed by atoms with E-state index < -0.39 is 26.6 Å². The third kappa shape index (κ3) is 58.6. The van der Waals surface area contributed by atoms with Crippen LogP contribution in [0.1, 0.15) is 323 Å². The fourth-order valence-electron chi connectivity index (χ4n) is 9.89. The van der Waals surface area contributed by atoms with Crippen molar-refractivity contribution in [3.05, 3.63) is 48.6 Å². The monoisotopic (exact) mass is 1120 g/mol. The fourth-order valence-corrected chi connectivity index (χ4v) is 10.6. The molecule has 0 aliphatic heterocycles. The summed E-state index contributed by atoms with van der Waals surface area (Å²) in [5, 5.41) is 3.02. The fraction of sp³-hybridized carbons (Fsp3) is 0.853. The molecule has 0 aliphatic rings. The number of quaternary nitrogens is 1. The second kappa shape index (κ2) is 58.2. The Bertz CT molecular complexity index is 1470. The largest absolute Gasteiger partial charge is 0.756 e. The van der Waals surface area contributed by atoms with Crippen molar-refractivity contribution in [2.24, 2.45) is 0 Å². The van der Waals surface area contributed by atoms with Crippen molar-refractivity contribution >= 4 is 19.7 Å². The van der Waals surface area contributed by atoms with Crippen LogP contribution in [0.4, 0.5) is 0 Å². The molecule has 0 spiro atoms. The van der Waals surface area contributed by atoms with Crippen molar-refractivity contribution in [1.29, 1.82) is 0 Å². The molecule has 0 saturated heterocycles. The van der Waals surface area contributed by atoms with Crippen molar-refractivity contribution in [1.82, 2.24) is 5.32 Å². The lowest BCUT2D eigenvalue weighted by atomic mass is 10.0. The van der Waals surface area contributed by atoms with Crippen molar-refractivity contribution in [3.63, 3.8) is 0 Å². The van der Waals surface area contributed by atoms with Crippen LogP contribution in [0.3, 0.4) is 0 Å². The van der Waals surface area contributed by atoms with E-state index in [2.05, 4.69) is 62.5 Å². The molecule has 9 nitrogen and oxygen atoms in total. The molecule has 0 heterocycles. The van der Waals surface area contributed by atoms with Crippen LogP contribution in [0.2, 0.25) is 0 Å². The maximum Gasteiger partial charge on any atom is 0.306 e. The molecule has 1 amide bonds.